The van der Waals surface area contributed by atoms with Crippen LogP contribution in [-0.4, -0.2) is 7.11 Å². The van der Waals surface area contributed by atoms with E-state index < -0.39 is 0 Å². The van der Waals surface area contributed by atoms with Gasteiger partial charge < -0.3 is 4.74 Å². The Balaban J connectivity index is 2.15. The van der Waals surface area contributed by atoms with Crippen molar-refractivity contribution < 1.29 is 4.74 Å². The zero-order chi connectivity index (χ0) is 15.4. The fraction of sp³-hybridized carbons (Fsp3) is 0.647. The summed E-state index contributed by atoms with van der Waals surface area (Å²) >= 11 is 6.15. The summed E-state index contributed by atoms with van der Waals surface area (Å²) in [6.07, 6.45) is 4.97. The molecule has 1 aromatic carbocycles. The van der Waals surface area contributed by atoms with Crippen molar-refractivity contribution in [2.24, 2.45) is 23.6 Å². The van der Waals surface area contributed by atoms with Gasteiger partial charge in [0.05, 0.1) is 13.2 Å². The molecule has 2 rings (SSSR count). The lowest BCUT2D eigenvalue weighted by atomic mass is 9.73. The lowest BCUT2D eigenvalue weighted by Crippen LogP contribution is -2.36. The summed E-state index contributed by atoms with van der Waals surface area (Å²) in [4.78, 5) is 0. The van der Waals surface area contributed by atoms with E-state index >= 15 is 0 Å². The Hall–Kier alpha value is -0.770. The number of methoxy groups -OCH3 is 1. The van der Waals surface area contributed by atoms with Gasteiger partial charge in [-0.2, -0.15) is 0 Å². The summed E-state index contributed by atoms with van der Waals surface area (Å²) in [5.41, 5.74) is 4.07. The Morgan fingerprint density at radius 2 is 1.81 bits per heavy atom. The molecule has 1 aliphatic rings. The molecule has 0 aliphatic heterocycles. The predicted octanol–water partition coefficient (Wildman–Crippen LogP) is 4.32. The van der Waals surface area contributed by atoms with Crippen LogP contribution in [0.3, 0.4) is 0 Å². The summed E-state index contributed by atoms with van der Waals surface area (Å²) in [7, 11) is 1.69. The molecule has 1 aliphatic carbocycles. The van der Waals surface area contributed by atoms with Gasteiger partial charge in [-0.3, -0.25) is 11.3 Å². The predicted molar refractivity (Wildman–Crippen MR) is 88.4 cm³/mol. The van der Waals surface area contributed by atoms with Crippen LogP contribution >= 0.6 is 11.6 Å². The monoisotopic (exact) mass is 310 g/mol. The van der Waals surface area contributed by atoms with Gasteiger partial charge in [-0.05, 0) is 61.6 Å². The maximum absolute atomic E-state index is 6.15. The maximum atomic E-state index is 6.15. The molecular weight excluding hydrogens is 284 g/mol. The van der Waals surface area contributed by atoms with Crippen LogP contribution in [0, 0.1) is 17.8 Å². The highest BCUT2D eigenvalue weighted by atomic mass is 35.5. The Morgan fingerprint density at radius 3 is 2.33 bits per heavy atom. The van der Waals surface area contributed by atoms with Crippen LogP contribution in [-0.2, 0) is 0 Å². The van der Waals surface area contributed by atoms with Gasteiger partial charge in [-0.25, -0.2) is 0 Å². The fourth-order valence-electron chi connectivity index (χ4n) is 3.57. The first-order valence-corrected chi connectivity index (χ1v) is 8.24. The number of halogens is 1. The van der Waals surface area contributed by atoms with E-state index in [1.54, 1.807) is 7.11 Å². The van der Waals surface area contributed by atoms with Crippen LogP contribution in [0.1, 0.15) is 51.1 Å². The van der Waals surface area contributed by atoms with Crippen molar-refractivity contribution in [1.29, 1.82) is 0 Å². The van der Waals surface area contributed by atoms with Crippen molar-refractivity contribution in [1.82, 2.24) is 5.43 Å². The molecule has 3 N–H and O–H groups in total. The topological polar surface area (TPSA) is 47.3 Å². The second-order valence-corrected chi connectivity index (χ2v) is 6.89. The van der Waals surface area contributed by atoms with Crippen LogP contribution in [0.4, 0.5) is 0 Å². The second-order valence-electron chi connectivity index (χ2n) is 6.45. The molecule has 118 valence electrons. The third kappa shape index (κ3) is 3.91. The van der Waals surface area contributed by atoms with E-state index in [0.717, 1.165) is 28.2 Å². The van der Waals surface area contributed by atoms with E-state index in [-0.39, 0.29) is 6.04 Å². The molecule has 0 radical (unpaired) electrons. The first kappa shape index (κ1) is 16.6. The quantitative estimate of drug-likeness (QED) is 0.629. The van der Waals surface area contributed by atoms with E-state index in [0.29, 0.717) is 5.92 Å². The highest BCUT2D eigenvalue weighted by molar-refractivity contribution is 6.30. The van der Waals surface area contributed by atoms with E-state index in [9.17, 15) is 0 Å². The number of hydrogen-bond donors (Lipinski definition) is 2. The molecule has 1 unspecified atom stereocenters. The van der Waals surface area contributed by atoms with Crippen LogP contribution in [0.2, 0.25) is 5.02 Å². The molecule has 4 heteroatoms. The van der Waals surface area contributed by atoms with Crippen molar-refractivity contribution in [2.75, 3.05) is 7.11 Å². The molecule has 0 spiro atoms. The average Bonchev–Trinajstić information content (AvgIpc) is 2.49. The average molecular weight is 311 g/mol. The standard InChI is InChI=1S/C17H27ClN2O/c1-11(2)12-4-6-13(7-5-12)17(20-19)15-10-14(18)8-9-16(15)21-3/h8-13,17,20H,4-7,19H2,1-3H3. The number of hydrazine groups is 1. The number of rotatable bonds is 5. The third-order valence-corrected chi connectivity index (χ3v) is 5.17. The first-order valence-electron chi connectivity index (χ1n) is 7.86. The molecule has 3 nitrogen and oxygen atoms in total. The number of benzene rings is 1. The molecule has 21 heavy (non-hydrogen) atoms. The Morgan fingerprint density at radius 1 is 1.19 bits per heavy atom. The van der Waals surface area contributed by atoms with E-state index in [1.165, 1.54) is 25.7 Å². The van der Waals surface area contributed by atoms with Gasteiger partial charge in [0, 0.05) is 10.6 Å². The lowest BCUT2D eigenvalue weighted by molar-refractivity contribution is 0.187. The van der Waals surface area contributed by atoms with E-state index in [2.05, 4.69) is 19.3 Å². The van der Waals surface area contributed by atoms with Gasteiger partial charge in [0.2, 0.25) is 0 Å². The number of nitrogens with one attached hydrogen (secondary N) is 1. The van der Waals surface area contributed by atoms with Crippen molar-refractivity contribution in [3.8, 4) is 5.75 Å². The molecule has 1 saturated carbocycles. The Bertz CT molecular complexity index is 456. The summed E-state index contributed by atoms with van der Waals surface area (Å²) < 4.78 is 5.48. The zero-order valence-corrected chi connectivity index (χ0v) is 14.0. The summed E-state index contributed by atoms with van der Waals surface area (Å²) in [5.74, 6) is 8.87. The normalized spacial score (nSPS) is 24.1. The van der Waals surface area contributed by atoms with E-state index in [4.69, 9.17) is 22.2 Å². The fourth-order valence-corrected chi connectivity index (χ4v) is 3.75. The summed E-state index contributed by atoms with van der Waals surface area (Å²) in [6.45, 7) is 4.65. The summed E-state index contributed by atoms with van der Waals surface area (Å²) in [5, 5.41) is 0.724. The minimum Gasteiger partial charge on any atom is -0.496 e. The van der Waals surface area contributed by atoms with Crippen LogP contribution in [0.5, 0.6) is 5.75 Å². The van der Waals surface area contributed by atoms with Crippen molar-refractivity contribution >= 4 is 11.6 Å². The molecule has 0 heterocycles. The largest absolute Gasteiger partial charge is 0.496 e. The number of ether oxygens (including phenoxy) is 1. The van der Waals surface area contributed by atoms with Crippen LogP contribution in [0.25, 0.3) is 0 Å². The lowest BCUT2D eigenvalue weighted by Gasteiger charge is -2.35. The minimum absolute atomic E-state index is 0.103. The van der Waals surface area contributed by atoms with Crippen molar-refractivity contribution in [2.45, 2.75) is 45.6 Å². The van der Waals surface area contributed by atoms with Gasteiger partial charge in [0.1, 0.15) is 5.75 Å². The molecule has 1 fully saturated rings. The summed E-state index contributed by atoms with van der Waals surface area (Å²) in [6, 6.07) is 5.85. The maximum Gasteiger partial charge on any atom is 0.123 e. The van der Waals surface area contributed by atoms with Gasteiger partial charge in [0.15, 0.2) is 0 Å². The molecule has 0 saturated heterocycles. The smallest absolute Gasteiger partial charge is 0.123 e. The molecular formula is C17H27ClN2O. The van der Waals surface area contributed by atoms with E-state index in [1.807, 2.05) is 18.2 Å². The second kappa shape index (κ2) is 7.48. The van der Waals surface area contributed by atoms with Gasteiger partial charge >= 0.3 is 0 Å². The van der Waals surface area contributed by atoms with Crippen molar-refractivity contribution in [3.63, 3.8) is 0 Å². The third-order valence-electron chi connectivity index (χ3n) is 4.94. The highest BCUT2D eigenvalue weighted by Gasteiger charge is 2.30. The van der Waals surface area contributed by atoms with Gasteiger partial charge in [-0.15, -0.1) is 0 Å². The van der Waals surface area contributed by atoms with Crippen LogP contribution in [0.15, 0.2) is 18.2 Å². The molecule has 1 aromatic rings. The highest BCUT2D eigenvalue weighted by Crippen LogP contribution is 2.41. The van der Waals surface area contributed by atoms with Gasteiger partial charge in [-0.1, -0.05) is 25.4 Å². The molecule has 1 atom stereocenters. The SMILES string of the molecule is COc1ccc(Cl)cc1C(NN)C1CCC(C(C)C)CC1. The molecule has 0 amide bonds. The molecule has 0 aromatic heterocycles. The molecule has 0 bridgehead atoms. The number of hydrogen-bond acceptors (Lipinski definition) is 3. The Labute approximate surface area is 133 Å². The van der Waals surface area contributed by atoms with Gasteiger partial charge in [0.25, 0.3) is 0 Å². The van der Waals surface area contributed by atoms with Crippen LogP contribution < -0.4 is 16.0 Å². The Kier molecular flexibility index (Phi) is 5.91. The number of nitrogens with two attached hydrogens (primary N) is 1. The zero-order valence-electron chi connectivity index (χ0n) is 13.2. The minimum atomic E-state index is 0.103. The first-order chi connectivity index (χ1) is 10.1. The van der Waals surface area contributed by atoms with Crippen molar-refractivity contribution in [3.05, 3.63) is 28.8 Å².